The molecule has 0 aliphatic rings. The lowest BCUT2D eigenvalue weighted by Crippen LogP contribution is -1.89. The Morgan fingerprint density at radius 3 is 2.50 bits per heavy atom. The highest BCUT2D eigenvalue weighted by Crippen LogP contribution is 2.32. The quantitative estimate of drug-likeness (QED) is 0.804. The summed E-state index contributed by atoms with van der Waals surface area (Å²) in [6, 6.07) is 7.26. The van der Waals surface area contributed by atoms with E-state index in [4.69, 9.17) is 21.1 Å². The third-order valence-corrected chi connectivity index (χ3v) is 3.18. The average molecular weight is 290 g/mol. The first-order valence-electron chi connectivity index (χ1n) is 5.95. The lowest BCUT2D eigenvalue weighted by Gasteiger charge is -2.06. The second-order valence-corrected chi connectivity index (χ2v) is 4.61. The molecule has 0 unspecified atom stereocenters. The molecule has 6 heteroatoms. The Kier molecular flexibility index (Phi) is 3.20. The maximum Gasteiger partial charge on any atom is 0.163 e. The molecule has 5 nitrogen and oxygen atoms in total. The number of benzene rings is 1. The van der Waals surface area contributed by atoms with Gasteiger partial charge in [0.25, 0.3) is 0 Å². The minimum absolute atomic E-state index is 0.591. The van der Waals surface area contributed by atoms with Crippen molar-refractivity contribution < 1.29 is 9.47 Å². The van der Waals surface area contributed by atoms with Gasteiger partial charge in [-0.05, 0) is 12.1 Å². The van der Waals surface area contributed by atoms with Crippen LogP contribution < -0.4 is 9.47 Å². The molecule has 102 valence electrons. The fourth-order valence-electron chi connectivity index (χ4n) is 1.97. The number of imidazole rings is 1. The molecule has 0 atom stereocenters. The summed E-state index contributed by atoms with van der Waals surface area (Å²) < 4.78 is 10.5. The van der Waals surface area contributed by atoms with Crippen molar-refractivity contribution in [3.8, 4) is 23.0 Å². The van der Waals surface area contributed by atoms with E-state index in [1.807, 2.05) is 18.2 Å². The predicted octanol–water partition coefficient (Wildman–Crippen LogP) is 3.30. The van der Waals surface area contributed by atoms with E-state index in [1.165, 1.54) is 0 Å². The van der Waals surface area contributed by atoms with E-state index in [0.29, 0.717) is 22.3 Å². The van der Waals surface area contributed by atoms with Gasteiger partial charge < -0.3 is 14.5 Å². The van der Waals surface area contributed by atoms with Gasteiger partial charge in [0.2, 0.25) is 0 Å². The van der Waals surface area contributed by atoms with Gasteiger partial charge in [-0.2, -0.15) is 0 Å². The van der Waals surface area contributed by atoms with E-state index in [0.717, 1.165) is 16.7 Å². The minimum atomic E-state index is 0.591. The predicted molar refractivity (Wildman–Crippen MR) is 77.4 cm³/mol. The van der Waals surface area contributed by atoms with Crippen LogP contribution in [0.1, 0.15) is 0 Å². The maximum atomic E-state index is 5.83. The normalized spacial score (nSPS) is 10.8. The fourth-order valence-corrected chi connectivity index (χ4v) is 2.09. The van der Waals surface area contributed by atoms with Crippen LogP contribution in [0.15, 0.2) is 30.5 Å². The van der Waals surface area contributed by atoms with Crippen molar-refractivity contribution in [1.29, 1.82) is 0 Å². The molecule has 0 saturated heterocycles. The number of hydrogen-bond acceptors (Lipinski definition) is 4. The fraction of sp³-hybridized carbons (Fsp3) is 0.143. The summed E-state index contributed by atoms with van der Waals surface area (Å²) in [5.41, 5.74) is 2.37. The highest BCUT2D eigenvalue weighted by Gasteiger charge is 2.11. The van der Waals surface area contributed by atoms with Crippen molar-refractivity contribution in [3.05, 3.63) is 35.5 Å². The molecule has 1 aromatic carbocycles. The van der Waals surface area contributed by atoms with Gasteiger partial charge >= 0.3 is 0 Å². The molecule has 0 amide bonds. The Labute approximate surface area is 120 Å². The Morgan fingerprint density at radius 1 is 1.10 bits per heavy atom. The number of methoxy groups -OCH3 is 2. The zero-order valence-electron chi connectivity index (χ0n) is 11.0. The summed E-state index contributed by atoms with van der Waals surface area (Å²) in [5, 5.41) is 0.591. The van der Waals surface area contributed by atoms with Gasteiger partial charge in [-0.1, -0.05) is 11.6 Å². The van der Waals surface area contributed by atoms with Crippen molar-refractivity contribution in [2.75, 3.05) is 14.2 Å². The van der Waals surface area contributed by atoms with Crippen LogP contribution in [0.3, 0.4) is 0 Å². The molecule has 0 bridgehead atoms. The van der Waals surface area contributed by atoms with Gasteiger partial charge in [0, 0.05) is 18.3 Å². The van der Waals surface area contributed by atoms with Crippen LogP contribution in [0.25, 0.3) is 22.6 Å². The Hall–Kier alpha value is -2.27. The zero-order valence-corrected chi connectivity index (χ0v) is 11.7. The van der Waals surface area contributed by atoms with Gasteiger partial charge in [0.1, 0.15) is 5.69 Å². The van der Waals surface area contributed by atoms with Crippen LogP contribution in [-0.4, -0.2) is 29.2 Å². The van der Waals surface area contributed by atoms with E-state index in [-0.39, 0.29) is 0 Å². The molecule has 3 rings (SSSR count). The van der Waals surface area contributed by atoms with E-state index < -0.39 is 0 Å². The molecule has 0 radical (unpaired) electrons. The van der Waals surface area contributed by atoms with E-state index in [9.17, 15) is 0 Å². The summed E-state index contributed by atoms with van der Waals surface area (Å²) in [5.74, 6) is 1.97. The Balaban J connectivity index is 2.12. The number of halogens is 1. The van der Waals surface area contributed by atoms with E-state index in [2.05, 4.69) is 15.0 Å². The van der Waals surface area contributed by atoms with Gasteiger partial charge in [-0.25, -0.2) is 4.98 Å². The number of rotatable bonds is 3. The highest BCUT2D eigenvalue weighted by atomic mass is 35.5. The molecular formula is C14H12ClN3O2. The van der Waals surface area contributed by atoms with Crippen molar-refractivity contribution in [1.82, 2.24) is 15.0 Å². The second kappa shape index (κ2) is 5.02. The van der Waals surface area contributed by atoms with Gasteiger partial charge in [-0.15, -0.1) is 0 Å². The van der Waals surface area contributed by atoms with Crippen LogP contribution in [-0.2, 0) is 0 Å². The van der Waals surface area contributed by atoms with Gasteiger partial charge in [-0.3, -0.25) is 4.98 Å². The molecule has 0 saturated carbocycles. The summed E-state index contributed by atoms with van der Waals surface area (Å²) in [7, 11) is 3.19. The molecule has 2 heterocycles. The van der Waals surface area contributed by atoms with Gasteiger partial charge in [0.15, 0.2) is 17.3 Å². The van der Waals surface area contributed by atoms with Crippen LogP contribution in [0.2, 0.25) is 5.02 Å². The van der Waals surface area contributed by atoms with Gasteiger partial charge in [0.05, 0.1) is 30.3 Å². The first-order chi connectivity index (χ1) is 9.71. The summed E-state index contributed by atoms with van der Waals surface area (Å²) in [4.78, 5) is 11.9. The van der Waals surface area contributed by atoms with Crippen molar-refractivity contribution in [2.24, 2.45) is 0 Å². The van der Waals surface area contributed by atoms with Crippen molar-refractivity contribution >= 4 is 22.6 Å². The third kappa shape index (κ3) is 2.16. The van der Waals surface area contributed by atoms with Crippen LogP contribution in [0.4, 0.5) is 0 Å². The topological polar surface area (TPSA) is 60.0 Å². The van der Waals surface area contributed by atoms with Crippen molar-refractivity contribution in [3.63, 3.8) is 0 Å². The highest BCUT2D eigenvalue weighted by molar-refractivity contribution is 6.30. The maximum absolute atomic E-state index is 5.83. The SMILES string of the molecule is COc1cc2nc(-c3ccc(Cl)cn3)[nH]c2cc1OC. The number of pyridine rings is 1. The molecule has 20 heavy (non-hydrogen) atoms. The number of aromatic nitrogens is 3. The number of aromatic amines is 1. The summed E-state index contributed by atoms with van der Waals surface area (Å²) in [6.45, 7) is 0. The lowest BCUT2D eigenvalue weighted by atomic mass is 10.3. The number of H-pyrrole nitrogens is 1. The molecular weight excluding hydrogens is 278 g/mol. The number of fused-ring (bicyclic) bond motifs is 1. The Morgan fingerprint density at radius 2 is 1.85 bits per heavy atom. The lowest BCUT2D eigenvalue weighted by molar-refractivity contribution is 0.356. The van der Waals surface area contributed by atoms with E-state index >= 15 is 0 Å². The first-order valence-corrected chi connectivity index (χ1v) is 6.32. The minimum Gasteiger partial charge on any atom is -0.493 e. The van der Waals surface area contributed by atoms with Crippen LogP contribution >= 0.6 is 11.6 Å². The van der Waals surface area contributed by atoms with Crippen LogP contribution in [0, 0.1) is 0 Å². The van der Waals surface area contributed by atoms with Crippen molar-refractivity contribution in [2.45, 2.75) is 0 Å². The standard InChI is InChI=1S/C14H12ClN3O2/c1-19-12-5-10-11(6-13(12)20-2)18-14(17-10)9-4-3-8(15)7-16-9/h3-7H,1-2H3,(H,17,18). The summed E-state index contributed by atoms with van der Waals surface area (Å²) >= 11 is 5.83. The molecule has 2 aromatic heterocycles. The monoisotopic (exact) mass is 289 g/mol. The molecule has 3 aromatic rings. The summed E-state index contributed by atoms with van der Waals surface area (Å²) in [6.07, 6.45) is 1.59. The largest absolute Gasteiger partial charge is 0.493 e. The first kappa shape index (κ1) is 12.7. The molecule has 0 aliphatic carbocycles. The van der Waals surface area contributed by atoms with E-state index in [1.54, 1.807) is 26.5 Å². The number of hydrogen-bond donors (Lipinski definition) is 1. The molecule has 0 fully saturated rings. The zero-order chi connectivity index (χ0) is 14.1. The third-order valence-electron chi connectivity index (χ3n) is 2.96. The molecule has 0 spiro atoms. The number of nitrogens with one attached hydrogen (secondary N) is 1. The second-order valence-electron chi connectivity index (χ2n) is 4.17. The average Bonchev–Trinajstić information content (AvgIpc) is 2.89. The number of ether oxygens (including phenoxy) is 2. The number of nitrogens with zero attached hydrogens (tertiary/aromatic N) is 2. The molecule has 0 aliphatic heterocycles. The molecule has 1 N–H and O–H groups in total. The smallest absolute Gasteiger partial charge is 0.163 e. The Bertz CT molecular complexity index is 712. The van der Waals surface area contributed by atoms with Crippen LogP contribution in [0.5, 0.6) is 11.5 Å².